The Balaban J connectivity index is 1.23. The van der Waals surface area contributed by atoms with Gasteiger partial charge in [-0.2, -0.15) is 4.98 Å². The molecular weight excluding hydrogens is 386 g/mol. The molecule has 4 rings (SSSR count). The van der Waals surface area contributed by atoms with E-state index in [2.05, 4.69) is 15.0 Å². The fourth-order valence-electron chi connectivity index (χ4n) is 3.85. The highest BCUT2D eigenvalue weighted by molar-refractivity contribution is 5.80. The van der Waals surface area contributed by atoms with Gasteiger partial charge in [0.05, 0.1) is 13.7 Å². The number of hydrogen-bond acceptors (Lipinski definition) is 7. The summed E-state index contributed by atoms with van der Waals surface area (Å²) in [5.41, 5.74) is 0.873. The molecule has 3 heterocycles. The molecule has 2 saturated heterocycles. The molecule has 1 aromatic carbocycles. The van der Waals surface area contributed by atoms with Crippen LogP contribution in [0.3, 0.4) is 0 Å². The predicted molar refractivity (Wildman–Crippen MR) is 109 cm³/mol. The van der Waals surface area contributed by atoms with Crippen LogP contribution in [0.1, 0.15) is 25.2 Å². The van der Waals surface area contributed by atoms with E-state index < -0.39 is 0 Å². The van der Waals surface area contributed by atoms with E-state index in [1.807, 2.05) is 29.2 Å². The molecule has 1 aromatic heterocycles. The minimum absolute atomic E-state index is 0.119. The van der Waals surface area contributed by atoms with Crippen molar-refractivity contribution >= 4 is 11.8 Å². The van der Waals surface area contributed by atoms with Gasteiger partial charge in [0.25, 0.3) is 0 Å². The van der Waals surface area contributed by atoms with Crippen LogP contribution in [0.4, 0.5) is 0 Å². The average Bonchev–Trinajstić information content (AvgIpc) is 3.41. The number of aromatic nitrogens is 2. The summed E-state index contributed by atoms with van der Waals surface area (Å²) in [6, 6.07) is 7.52. The van der Waals surface area contributed by atoms with Gasteiger partial charge in [0.2, 0.25) is 23.5 Å². The van der Waals surface area contributed by atoms with E-state index in [9.17, 15) is 9.59 Å². The summed E-state index contributed by atoms with van der Waals surface area (Å²) >= 11 is 0. The summed E-state index contributed by atoms with van der Waals surface area (Å²) < 4.78 is 10.6. The maximum atomic E-state index is 12.5. The molecule has 0 saturated carbocycles. The summed E-state index contributed by atoms with van der Waals surface area (Å²) in [7, 11) is 1.63. The lowest BCUT2D eigenvalue weighted by Crippen LogP contribution is -2.48. The zero-order valence-electron chi connectivity index (χ0n) is 17.2. The van der Waals surface area contributed by atoms with Crippen LogP contribution in [0.25, 0.3) is 11.4 Å². The second-order valence-corrected chi connectivity index (χ2v) is 7.63. The lowest BCUT2D eigenvalue weighted by atomic mass is 10.2. The Kier molecular flexibility index (Phi) is 6.27. The summed E-state index contributed by atoms with van der Waals surface area (Å²) in [4.78, 5) is 34.5. The highest BCUT2D eigenvalue weighted by atomic mass is 16.5. The Morgan fingerprint density at radius 3 is 2.57 bits per heavy atom. The number of ether oxygens (including phenoxy) is 1. The highest BCUT2D eigenvalue weighted by Gasteiger charge is 2.25. The van der Waals surface area contributed by atoms with Gasteiger partial charge in [0, 0.05) is 57.7 Å². The summed E-state index contributed by atoms with van der Waals surface area (Å²) in [5, 5.41) is 4.07. The molecule has 2 aromatic rings. The van der Waals surface area contributed by atoms with Crippen LogP contribution in [0.15, 0.2) is 28.8 Å². The monoisotopic (exact) mass is 413 g/mol. The van der Waals surface area contributed by atoms with Gasteiger partial charge in [0.15, 0.2) is 0 Å². The van der Waals surface area contributed by atoms with E-state index in [0.717, 1.165) is 37.4 Å². The van der Waals surface area contributed by atoms with Crippen molar-refractivity contribution in [2.45, 2.75) is 25.8 Å². The number of likely N-dealkylation sites (tertiary alicyclic amines) is 1. The van der Waals surface area contributed by atoms with Crippen molar-refractivity contribution in [2.24, 2.45) is 0 Å². The van der Waals surface area contributed by atoms with Crippen molar-refractivity contribution in [2.75, 3.05) is 46.4 Å². The van der Waals surface area contributed by atoms with Crippen molar-refractivity contribution in [1.82, 2.24) is 24.8 Å². The Hall–Kier alpha value is -2.94. The average molecular weight is 413 g/mol. The maximum Gasteiger partial charge on any atom is 0.241 e. The number of nitrogens with zero attached hydrogens (tertiary/aromatic N) is 5. The number of benzene rings is 1. The number of rotatable bonds is 7. The van der Waals surface area contributed by atoms with Crippen LogP contribution in [0.5, 0.6) is 5.75 Å². The number of carbonyl (C=O) groups excluding carboxylic acids is 2. The largest absolute Gasteiger partial charge is 0.497 e. The molecule has 160 valence electrons. The van der Waals surface area contributed by atoms with E-state index >= 15 is 0 Å². The third-order valence-electron chi connectivity index (χ3n) is 5.67. The Morgan fingerprint density at radius 2 is 1.90 bits per heavy atom. The number of hydrogen-bond donors (Lipinski definition) is 0. The van der Waals surface area contributed by atoms with Gasteiger partial charge in [-0.3, -0.25) is 14.5 Å². The molecule has 0 atom stereocenters. The van der Waals surface area contributed by atoms with Gasteiger partial charge in [-0.05, 0) is 30.7 Å². The number of piperazine rings is 1. The first-order valence-electron chi connectivity index (χ1n) is 10.4. The smallest absolute Gasteiger partial charge is 0.241 e. The third-order valence-corrected chi connectivity index (χ3v) is 5.67. The molecule has 2 amide bonds. The van der Waals surface area contributed by atoms with E-state index in [-0.39, 0.29) is 11.8 Å². The SMILES string of the molecule is COc1ccc(-c2noc(CN3CCN(C(=O)CCN4CCCC4=O)CC3)n2)cc1. The number of methoxy groups -OCH3 is 1. The van der Waals surface area contributed by atoms with Crippen molar-refractivity contribution in [3.63, 3.8) is 0 Å². The lowest BCUT2D eigenvalue weighted by Gasteiger charge is -2.34. The molecular formula is C21H27N5O4. The predicted octanol–water partition coefficient (Wildman–Crippen LogP) is 1.40. The molecule has 9 heteroatoms. The van der Waals surface area contributed by atoms with Crippen LogP contribution in [-0.2, 0) is 16.1 Å². The lowest BCUT2D eigenvalue weighted by molar-refractivity contribution is -0.134. The first-order chi connectivity index (χ1) is 14.6. The van der Waals surface area contributed by atoms with Crippen molar-refractivity contribution in [1.29, 1.82) is 0 Å². The molecule has 0 radical (unpaired) electrons. The van der Waals surface area contributed by atoms with Crippen molar-refractivity contribution in [3.8, 4) is 17.1 Å². The van der Waals surface area contributed by atoms with Gasteiger partial charge in [0.1, 0.15) is 5.75 Å². The number of carbonyl (C=O) groups is 2. The number of amides is 2. The van der Waals surface area contributed by atoms with E-state index in [4.69, 9.17) is 9.26 Å². The van der Waals surface area contributed by atoms with Crippen LogP contribution < -0.4 is 4.74 Å². The summed E-state index contributed by atoms with van der Waals surface area (Å²) in [6.45, 7) is 4.74. The molecule has 0 bridgehead atoms. The van der Waals surface area contributed by atoms with Crippen molar-refractivity contribution < 1.29 is 18.8 Å². The first-order valence-corrected chi connectivity index (χ1v) is 10.4. The topological polar surface area (TPSA) is 92.0 Å². The van der Waals surface area contributed by atoms with Crippen LogP contribution in [0, 0.1) is 0 Å². The fourth-order valence-corrected chi connectivity index (χ4v) is 3.85. The minimum Gasteiger partial charge on any atom is -0.497 e. The van der Waals surface area contributed by atoms with Gasteiger partial charge >= 0.3 is 0 Å². The van der Waals surface area contributed by atoms with Gasteiger partial charge < -0.3 is 19.1 Å². The minimum atomic E-state index is 0.119. The van der Waals surface area contributed by atoms with Crippen molar-refractivity contribution in [3.05, 3.63) is 30.2 Å². The molecule has 9 nitrogen and oxygen atoms in total. The fraction of sp³-hybridized carbons (Fsp3) is 0.524. The normalized spacial score (nSPS) is 17.6. The molecule has 30 heavy (non-hydrogen) atoms. The quantitative estimate of drug-likeness (QED) is 0.677. The summed E-state index contributed by atoms with van der Waals surface area (Å²) in [6.07, 6.45) is 1.92. The van der Waals surface area contributed by atoms with Gasteiger partial charge in [-0.1, -0.05) is 5.16 Å². The summed E-state index contributed by atoms with van der Waals surface area (Å²) in [5.74, 6) is 2.18. The Morgan fingerprint density at radius 1 is 1.13 bits per heavy atom. The Labute approximate surface area is 175 Å². The van der Waals surface area contributed by atoms with Crippen LogP contribution in [-0.4, -0.2) is 83.0 Å². The van der Waals surface area contributed by atoms with E-state index in [1.54, 1.807) is 12.0 Å². The van der Waals surface area contributed by atoms with Gasteiger partial charge in [-0.25, -0.2) is 0 Å². The van der Waals surface area contributed by atoms with E-state index in [1.165, 1.54) is 0 Å². The molecule has 0 aliphatic carbocycles. The third kappa shape index (κ3) is 4.79. The van der Waals surface area contributed by atoms with Crippen LogP contribution in [0.2, 0.25) is 0 Å². The molecule has 2 aliphatic rings. The maximum absolute atomic E-state index is 12.5. The van der Waals surface area contributed by atoms with Crippen LogP contribution >= 0.6 is 0 Å². The molecule has 2 fully saturated rings. The highest BCUT2D eigenvalue weighted by Crippen LogP contribution is 2.20. The Bertz CT molecular complexity index is 874. The second kappa shape index (κ2) is 9.25. The zero-order valence-corrected chi connectivity index (χ0v) is 17.2. The molecule has 2 aliphatic heterocycles. The second-order valence-electron chi connectivity index (χ2n) is 7.63. The molecule has 0 N–H and O–H groups in total. The zero-order chi connectivity index (χ0) is 20.9. The van der Waals surface area contributed by atoms with Gasteiger partial charge in [-0.15, -0.1) is 0 Å². The molecule has 0 spiro atoms. The van der Waals surface area contributed by atoms with E-state index in [0.29, 0.717) is 50.7 Å². The standard InChI is InChI=1S/C21H27N5O4/c1-29-17-6-4-16(5-7-17)21-22-18(30-23-21)15-24-11-13-26(14-12-24)20(28)8-10-25-9-2-3-19(25)27/h4-7H,2-3,8-15H2,1H3. The molecule has 0 unspecified atom stereocenters. The first kappa shape index (κ1) is 20.3.